The molecule has 1 aliphatic heterocycles. The second kappa shape index (κ2) is 8.24. The first-order valence-electron chi connectivity index (χ1n) is 9.07. The molecule has 1 amide bonds. The van der Waals surface area contributed by atoms with Gasteiger partial charge in [0.15, 0.2) is 0 Å². The Bertz CT molecular complexity index is 914. The highest BCUT2D eigenvalue weighted by Gasteiger charge is 2.32. The molecule has 3 rings (SSSR count). The maximum Gasteiger partial charge on any atom is 0.272 e. The van der Waals surface area contributed by atoms with Crippen molar-refractivity contribution >= 4 is 32.4 Å². The van der Waals surface area contributed by atoms with Crippen molar-refractivity contribution in [3.8, 4) is 0 Å². The van der Waals surface area contributed by atoms with E-state index in [2.05, 4.69) is 32.5 Å². The van der Waals surface area contributed by atoms with Crippen molar-refractivity contribution in [2.24, 2.45) is 5.41 Å². The lowest BCUT2D eigenvalue weighted by molar-refractivity contribution is -0.123. The highest BCUT2D eigenvalue weighted by Crippen LogP contribution is 2.26. The lowest BCUT2D eigenvalue weighted by Crippen LogP contribution is -2.48. The molecule has 1 fully saturated rings. The van der Waals surface area contributed by atoms with Gasteiger partial charge in [0.1, 0.15) is 0 Å². The van der Waals surface area contributed by atoms with Crippen molar-refractivity contribution in [3.05, 3.63) is 35.9 Å². The van der Waals surface area contributed by atoms with Crippen LogP contribution in [-0.4, -0.2) is 59.9 Å². The monoisotopic (exact) mass is 423 g/mol. The molecule has 10 heteroatoms. The number of benzene rings is 1. The number of hydrogen-bond donors (Lipinski definition) is 1. The van der Waals surface area contributed by atoms with Gasteiger partial charge in [-0.25, -0.2) is 8.42 Å². The number of nitrogens with one attached hydrogen (secondary N) is 1. The SMILES string of the molecule is CC(C)(C)C(=O)Nc1nnc(S(=O)(=O)N2CCN(Cc3ccccc3)CC2)s1. The molecule has 2 heterocycles. The Kier molecular flexibility index (Phi) is 6.13. The second-order valence-corrected chi connectivity index (χ2v) is 10.8. The summed E-state index contributed by atoms with van der Waals surface area (Å²) in [7, 11) is -3.71. The number of nitrogens with zero attached hydrogens (tertiary/aromatic N) is 4. The first-order valence-corrected chi connectivity index (χ1v) is 11.3. The van der Waals surface area contributed by atoms with Crippen molar-refractivity contribution in [2.75, 3.05) is 31.5 Å². The van der Waals surface area contributed by atoms with Gasteiger partial charge >= 0.3 is 0 Å². The van der Waals surface area contributed by atoms with E-state index < -0.39 is 15.4 Å². The van der Waals surface area contributed by atoms with E-state index in [1.165, 1.54) is 9.87 Å². The molecule has 28 heavy (non-hydrogen) atoms. The average Bonchev–Trinajstić information content (AvgIpc) is 3.12. The number of hydrogen-bond acceptors (Lipinski definition) is 7. The van der Waals surface area contributed by atoms with Gasteiger partial charge in [0.05, 0.1) is 0 Å². The van der Waals surface area contributed by atoms with E-state index >= 15 is 0 Å². The summed E-state index contributed by atoms with van der Waals surface area (Å²) in [6.45, 7) is 8.23. The normalized spacial score (nSPS) is 16.8. The fourth-order valence-corrected chi connectivity index (χ4v) is 5.18. The number of amides is 1. The second-order valence-electron chi connectivity index (χ2n) is 7.74. The van der Waals surface area contributed by atoms with Crippen LogP contribution >= 0.6 is 11.3 Å². The van der Waals surface area contributed by atoms with Gasteiger partial charge in [0.25, 0.3) is 10.0 Å². The summed E-state index contributed by atoms with van der Waals surface area (Å²) < 4.78 is 27.0. The Morgan fingerprint density at radius 1 is 1.11 bits per heavy atom. The van der Waals surface area contributed by atoms with Crippen LogP contribution in [0.25, 0.3) is 0 Å². The van der Waals surface area contributed by atoms with Crippen LogP contribution < -0.4 is 5.32 Å². The van der Waals surface area contributed by atoms with E-state index in [0.717, 1.165) is 17.9 Å². The van der Waals surface area contributed by atoms with E-state index in [1.807, 2.05) is 18.2 Å². The third-order valence-corrected chi connectivity index (χ3v) is 7.53. The fourth-order valence-electron chi connectivity index (χ4n) is 2.73. The van der Waals surface area contributed by atoms with Gasteiger partial charge in [-0.1, -0.05) is 62.4 Å². The summed E-state index contributed by atoms with van der Waals surface area (Å²) in [5.41, 5.74) is 0.613. The first-order chi connectivity index (χ1) is 13.2. The molecule has 8 nitrogen and oxygen atoms in total. The number of sulfonamides is 1. The first kappa shape index (κ1) is 20.8. The molecule has 2 aromatic rings. The van der Waals surface area contributed by atoms with Crippen molar-refractivity contribution in [2.45, 2.75) is 31.7 Å². The van der Waals surface area contributed by atoms with E-state index in [0.29, 0.717) is 26.2 Å². The molecule has 1 N–H and O–H groups in total. The smallest absolute Gasteiger partial charge is 0.272 e. The van der Waals surface area contributed by atoms with Gasteiger partial charge in [-0.05, 0) is 5.56 Å². The van der Waals surface area contributed by atoms with Crippen LogP contribution in [0.3, 0.4) is 0 Å². The van der Waals surface area contributed by atoms with E-state index in [-0.39, 0.29) is 15.4 Å². The summed E-state index contributed by atoms with van der Waals surface area (Å²) in [6, 6.07) is 10.1. The molecule has 0 saturated carbocycles. The molecule has 1 aromatic heterocycles. The van der Waals surface area contributed by atoms with Crippen molar-refractivity contribution in [1.82, 2.24) is 19.4 Å². The van der Waals surface area contributed by atoms with E-state index in [1.54, 1.807) is 20.8 Å². The molecular weight excluding hydrogens is 398 g/mol. The zero-order valence-corrected chi connectivity index (χ0v) is 17.9. The zero-order valence-electron chi connectivity index (χ0n) is 16.3. The minimum Gasteiger partial charge on any atom is -0.300 e. The molecule has 0 atom stereocenters. The summed E-state index contributed by atoms with van der Waals surface area (Å²) in [6.07, 6.45) is 0. The van der Waals surface area contributed by atoms with Gasteiger partial charge in [-0.15, -0.1) is 10.2 Å². The van der Waals surface area contributed by atoms with Gasteiger partial charge < -0.3 is 5.32 Å². The minimum absolute atomic E-state index is 0.0896. The standard InChI is InChI=1S/C18H25N5O3S2/c1-18(2,3)15(24)19-16-20-21-17(27-16)28(25,26)23-11-9-22(10-12-23)13-14-7-5-4-6-8-14/h4-8H,9-13H2,1-3H3,(H,19,20,24). The van der Waals surface area contributed by atoms with Crippen molar-refractivity contribution in [1.29, 1.82) is 0 Å². The molecule has 1 saturated heterocycles. The zero-order chi connectivity index (χ0) is 20.4. The Balaban J connectivity index is 1.61. The minimum atomic E-state index is -3.71. The number of carbonyl (C=O) groups excluding carboxylic acids is 1. The molecule has 0 radical (unpaired) electrons. The van der Waals surface area contributed by atoms with E-state index in [9.17, 15) is 13.2 Å². The van der Waals surface area contributed by atoms with Crippen molar-refractivity contribution < 1.29 is 13.2 Å². The third kappa shape index (κ3) is 4.93. The van der Waals surface area contributed by atoms with Crippen molar-refractivity contribution in [3.63, 3.8) is 0 Å². The molecule has 0 aliphatic carbocycles. The highest BCUT2D eigenvalue weighted by molar-refractivity contribution is 7.91. The number of carbonyl (C=O) groups is 1. The molecule has 1 aromatic carbocycles. The topological polar surface area (TPSA) is 95.5 Å². The number of anilines is 1. The predicted octanol–water partition coefficient (Wildman–Crippen LogP) is 2.03. The average molecular weight is 424 g/mol. The molecular formula is C18H25N5O3S2. The Hall–Kier alpha value is -1.88. The van der Waals surface area contributed by atoms with Gasteiger partial charge in [-0.3, -0.25) is 9.69 Å². The number of aromatic nitrogens is 2. The van der Waals surface area contributed by atoms with Crippen LogP contribution in [0.5, 0.6) is 0 Å². The fraction of sp³-hybridized carbons (Fsp3) is 0.500. The molecule has 0 unspecified atom stereocenters. The highest BCUT2D eigenvalue weighted by atomic mass is 32.2. The van der Waals surface area contributed by atoms with Gasteiger partial charge in [0, 0.05) is 38.1 Å². The maximum absolute atomic E-state index is 12.9. The summed E-state index contributed by atoms with van der Waals surface area (Å²) in [5, 5.41) is 10.4. The largest absolute Gasteiger partial charge is 0.300 e. The van der Waals surface area contributed by atoms with Crippen LogP contribution in [0.2, 0.25) is 0 Å². The van der Waals surface area contributed by atoms with Crippen LogP contribution in [-0.2, 0) is 21.4 Å². The molecule has 1 aliphatic rings. The number of rotatable bonds is 5. The maximum atomic E-state index is 12.9. The summed E-state index contributed by atoms with van der Waals surface area (Å²) >= 11 is 0.884. The molecule has 0 bridgehead atoms. The Morgan fingerprint density at radius 3 is 2.36 bits per heavy atom. The lowest BCUT2D eigenvalue weighted by Gasteiger charge is -2.33. The quantitative estimate of drug-likeness (QED) is 0.740. The Morgan fingerprint density at radius 2 is 1.75 bits per heavy atom. The number of piperazine rings is 1. The van der Waals surface area contributed by atoms with Gasteiger partial charge in [-0.2, -0.15) is 4.31 Å². The van der Waals surface area contributed by atoms with Crippen LogP contribution in [0, 0.1) is 5.41 Å². The van der Waals surface area contributed by atoms with Gasteiger partial charge in [0.2, 0.25) is 15.4 Å². The Labute approximate surface area is 169 Å². The lowest BCUT2D eigenvalue weighted by atomic mass is 9.96. The van der Waals surface area contributed by atoms with Crippen LogP contribution in [0.15, 0.2) is 34.7 Å². The molecule has 0 spiro atoms. The van der Waals surface area contributed by atoms with Crippen LogP contribution in [0.1, 0.15) is 26.3 Å². The third-order valence-electron chi connectivity index (χ3n) is 4.45. The summed E-state index contributed by atoms with van der Waals surface area (Å²) in [5.74, 6) is -0.234. The predicted molar refractivity (Wildman–Crippen MR) is 108 cm³/mol. The molecule has 152 valence electrons. The summed E-state index contributed by atoms with van der Waals surface area (Å²) in [4.78, 5) is 14.3. The van der Waals surface area contributed by atoms with E-state index in [4.69, 9.17) is 0 Å². The van der Waals surface area contributed by atoms with Crippen LogP contribution in [0.4, 0.5) is 5.13 Å².